The molecule has 4 N–H and O–H groups in total. The summed E-state index contributed by atoms with van der Waals surface area (Å²) in [5, 5.41) is 9.04. The molecule has 0 radical (unpaired) electrons. The van der Waals surface area contributed by atoms with E-state index >= 15 is 0 Å². The molecule has 1 aliphatic carbocycles. The Kier molecular flexibility index (Phi) is 7.14. The van der Waals surface area contributed by atoms with E-state index in [9.17, 15) is 8.42 Å². The predicted octanol–water partition coefficient (Wildman–Crippen LogP) is 4.08. The Labute approximate surface area is 196 Å². The third-order valence-electron chi connectivity index (χ3n) is 6.46. The number of nitrogens with one attached hydrogen (secondary N) is 2. The van der Waals surface area contributed by atoms with Crippen LogP contribution in [-0.4, -0.2) is 21.6 Å². The third kappa shape index (κ3) is 6.00. The van der Waals surface area contributed by atoms with Gasteiger partial charge in [-0.2, -0.15) is 13.1 Å². The van der Waals surface area contributed by atoms with Gasteiger partial charge in [0.15, 0.2) is 0 Å². The van der Waals surface area contributed by atoms with Crippen LogP contribution >= 0.6 is 0 Å². The van der Waals surface area contributed by atoms with Gasteiger partial charge in [0.2, 0.25) is 0 Å². The minimum Gasteiger partial charge on any atom is -0.497 e. The molecule has 1 saturated carbocycles. The standard InChI is InChI=1S/C26H31N3O3S/c1-32-25-9-5-8-23(18-25)26(29-33(27,30)31)16-14-24(15-17-26)28-19-20-10-12-22(13-11-20)21-6-3-2-4-7-21/h2-13,18,24,28-29H,14-17,19H2,1H3,(H2,27,30,31). The molecule has 0 aromatic heterocycles. The Morgan fingerprint density at radius 3 is 2.24 bits per heavy atom. The van der Waals surface area contributed by atoms with Crippen molar-refractivity contribution in [1.82, 2.24) is 10.0 Å². The highest BCUT2D eigenvalue weighted by Crippen LogP contribution is 2.39. The van der Waals surface area contributed by atoms with Crippen LogP contribution in [0.1, 0.15) is 36.8 Å². The van der Waals surface area contributed by atoms with Crippen molar-refractivity contribution in [3.05, 3.63) is 90.0 Å². The second-order valence-corrected chi connectivity index (χ2v) is 9.97. The van der Waals surface area contributed by atoms with E-state index in [1.54, 1.807) is 7.11 Å². The minimum absolute atomic E-state index is 0.305. The van der Waals surface area contributed by atoms with Crippen LogP contribution in [0, 0.1) is 0 Å². The van der Waals surface area contributed by atoms with Gasteiger partial charge in [0.1, 0.15) is 5.75 Å². The van der Waals surface area contributed by atoms with Crippen molar-refractivity contribution in [2.24, 2.45) is 5.14 Å². The highest BCUT2D eigenvalue weighted by molar-refractivity contribution is 7.87. The van der Waals surface area contributed by atoms with E-state index in [-0.39, 0.29) is 0 Å². The van der Waals surface area contributed by atoms with E-state index in [1.165, 1.54) is 16.7 Å². The van der Waals surface area contributed by atoms with Gasteiger partial charge in [-0.15, -0.1) is 0 Å². The highest BCUT2D eigenvalue weighted by atomic mass is 32.2. The molecule has 0 heterocycles. The zero-order valence-corrected chi connectivity index (χ0v) is 19.6. The minimum atomic E-state index is -3.86. The zero-order valence-electron chi connectivity index (χ0n) is 18.8. The van der Waals surface area contributed by atoms with Crippen molar-refractivity contribution in [3.8, 4) is 16.9 Å². The van der Waals surface area contributed by atoms with E-state index in [1.807, 2.05) is 42.5 Å². The molecule has 3 aromatic carbocycles. The van der Waals surface area contributed by atoms with Crippen LogP contribution in [0.15, 0.2) is 78.9 Å². The molecule has 1 aliphatic rings. The molecule has 0 spiro atoms. The van der Waals surface area contributed by atoms with Crippen LogP contribution in [0.5, 0.6) is 5.75 Å². The molecule has 0 unspecified atom stereocenters. The first kappa shape index (κ1) is 23.4. The largest absolute Gasteiger partial charge is 0.497 e. The number of hydrogen-bond acceptors (Lipinski definition) is 4. The first-order valence-electron chi connectivity index (χ1n) is 11.2. The fourth-order valence-corrected chi connectivity index (χ4v) is 5.53. The van der Waals surface area contributed by atoms with Crippen LogP contribution in [-0.2, 0) is 22.3 Å². The summed E-state index contributed by atoms with van der Waals surface area (Å²) >= 11 is 0. The van der Waals surface area contributed by atoms with Crippen LogP contribution < -0.4 is 19.9 Å². The molecule has 3 aromatic rings. The van der Waals surface area contributed by atoms with E-state index < -0.39 is 15.7 Å². The molecule has 4 rings (SSSR count). The maximum atomic E-state index is 12.0. The maximum absolute atomic E-state index is 12.0. The Morgan fingerprint density at radius 2 is 1.61 bits per heavy atom. The van der Waals surface area contributed by atoms with E-state index in [0.29, 0.717) is 24.6 Å². The number of benzene rings is 3. The number of methoxy groups -OCH3 is 1. The lowest BCUT2D eigenvalue weighted by Crippen LogP contribution is -2.52. The second-order valence-electron chi connectivity index (χ2n) is 8.68. The van der Waals surface area contributed by atoms with Crippen LogP contribution in [0.25, 0.3) is 11.1 Å². The van der Waals surface area contributed by atoms with Crippen LogP contribution in [0.2, 0.25) is 0 Å². The molecule has 0 aliphatic heterocycles. The third-order valence-corrected chi connectivity index (χ3v) is 7.13. The van der Waals surface area contributed by atoms with Crippen molar-refractivity contribution in [3.63, 3.8) is 0 Å². The summed E-state index contributed by atoms with van der Waals surface area (Å²) in [6.45, 7) is 0.772. The van der Waals surface area contributed by atoms with Gasteiger partial charge in [-0.25, -0.2) is 5.14 Å². The van der Waals surface area contributed by atoms with E-state index in [0.717, 1.165) is 24.9 Å². The molecule has 0 atom stereocenters. The number of rotatable bonds is 8. The normalized spacial score (nSPS) is 21.0. The Hall–Kier alpha value is -2.71. The fourth-order valence-electron chi connectivity index (χ4n) is 4.67. The Balaban J connectivity index is 1.40. The maximum Gasteiger partial charge on any atom is 0.275 e. The molecular weight excluding hydrogens is 434 g/mol. The van der Waals surface area contributed by atoms with Crippen molar-refractivity contribution in [2.75, 3.05) is 7.11 Å². The Bertz CT molecular complexity index is 1160. The molecule has 6 nitrogen and oxygen atoms in total. The summed E-state index contributed by atoms with van der Waals surface area (Å²) in [5.74, 6) is 0.697. The smallest absolute Gasteiger partial charge is 0.275 e. The molecule has 0 bridgehead atoms. The summed E-state index contributed by atoms with van der Waals surface area (Å²) in [6, 6.07) is 26.8. The average Bonchev–Trinajstić information content (AvgIpc) is 2.83. The van der Waals surface area contributed by atoms with Crippen molar-refractivity contribution < 1.29 is 13.2 Å². The summed E-state index contributed by atoms with van der Waals surface area (Å²) < 4.78 is 32.0. The lowest BCUT2D eigenvalue weighted by atomic mass is 9.75. The molecule has 1 fully saturated rings. The molecule has 33 heavy (non-hydrogen) atoms. The predicted molar refractivity (Wildman–Crippen MR) is 132 cm³/mol. The van der Waals surface area contributed by atoms with E-state index in [4.69, 9.17) is 9.88 Å². The molecule has 7 heteroatoms. The summed E-state index contributed by atoms with van der Waals surface area (Å²) in [4.78, 5) is 0. The monoisotopic (exact) mass is 465 g/mol. The molecule has 0 amide bonds. The van der Waals surface area contributed by atoms with Gasteiger partial charge in [0, 0.05) is 12.6 Å². The van der Waals surface area contributed by atoms with Gasteiger partial charge in [-0.05, 0) is 60.1 Å². The van der Waals surface area contributed by atoms with Crippen molar-refractivity contribution >= 4 is 10.2 Å². The first-order valence-corrected chi connectivity index (χ1v) is 12.8. The van der Waals surface area contributed by atoms with Crippen molar-refractivity contribution in [1.29, 1.82) is 0 Å². The average molecular weight is 466 g/mol. The quantitative estimate of drug-likeness (QED) is 0.467. The number of ether oxygens (including phenoxy) is 1. The van der Waals surface area contributed by atoms with E-state index in [2.05, 4.69) is 46.4 Å². The summed E-state index contributed by atoms with van der Waals surface area (Å²) in [6.07, 6.45) is 2.98. The lowest BCUT2D eigenvalue weighted by Gasteiger charge is -2.41. The zero-order chi connectivity index (χ0) is 23.3. The summed E-state index contributed by atoms with van der Waals surface area (Å²) in [7, 11) is -2.26. The van der Waals surface area contributed by atoms with Crippen LogP contribution in [0.4, 0.5) is 0 Å². The lowest BCUT2D eigenvalue weighted by molar-refractivity contribution is 0.230. The number of nitrogens with two attached hydrogens (primary N) is 1. The van der Waals surface area contributed by atoms with Gasteiger partial charge >= 0.3 is 0 Å². The van der Waals surface area contributed by atoms with Gasteiger partial charge in [-0.3, -0.25) is 0 Å². The first-order chi connectivity index (χ1) is 15.9. The SMILES string of the molecule is COc1cccc(C2(NS(N)(=O)=O)CCC(NCc3ccc(-c4ccccc4)cc3)CC2)c1. The summed E-state index contributed by atoms with van der Waals surface area (Å²) in [5.41, 5.74) is 3.79. The molecule has 0 saturated heterocycles. The molecular formula is C26H31N3O3S. The van der Waals surface area contributed by atoms with Gasteiger partial charge in [0.05, 0.1) is 12.6 Å². The van der Waals surface area contributed by atoms with Gasteiger partial charge < -0.3 is 10.1 Å². The van der Waals surface area contributed by atoms with Crippen LogP contribution in [0.3, 0.4) is 0 Å². The number of hydrogen-bond donors (Lipinski definition) is 3. The van der Waals surface area contributed by atoms with Gasteiger partial charge in [0.25, 0.3) is 10.2 Å². The second kappa shape index (κ2) is 10.1. The Morgan fingerprint density at radius 1 is 0.939 bits per heavy atom. The van der Waals surface area contributed by atoms with Crippen molar-refractivity contribution in [2.45, 2.75) is 43.8 Å². The highest BCUT2D eigenvalue weighted by Gasteiger charge is 2.39. The van der Waals surface area contributed by atoms with Gasteiger partial charge in [-0.1, -0.05) is 66.7 Å². The fraction of sp³-hybridized carbons (Fsp3) is 0.308. The topological polar surface area (TPSA) is 93.4 Å². The molecule has 174 valence electrons.